The molecular weight excluding hydrogens is 238 g/mol. The highest BCUT2D eigenvalue weighted by Crippen LogP contribution is 2.24. The molecule has 2 atom stereocenters. The second-order valence-corrected chi connectivity index (χ2v) is 5.52. The molecule has 1 heterocycles. The van der Waals surface area contributed by atoms with Gasteiger partial charge in [-0.2, -0.15) is 0 Å². The second-order valence-electron chi connectivity index (χ2n) is 5.52. The first-order valence-corrected chi connectivity index (χ1v) is 6.92. The lowest BCUT2D eigenvalue weighted by Crippen LogP contribution is -2.42. The Kier molecular flexibility index (Phi) is 4.56. The van der Waals surface area contributed by atoms with Crippen molar-refractivity contribution in [1.29, 1.82) is 0 Å². The lowest BCUT2D eigenvalue weighted by Gasteiger charge is -2.36. The Labute approximate surface area is 114 Å². The van der Waals surface area contributed by atoms with Crippen molar-refractivity contribution < 1.29 is 4.79 Å². The lowest BCUT2D eigenvalue weighted by atomic mass is 9.87. The third-order valence-electron chi connectivity index (χ3n) is 4.18. The number of hydrogen-bond acceptors (Lipinski definition) is 3. The minimum Gasteiger partial charge on any atom is -0.366 e. The summed E-state index contributed by atoms with van der Waals surface area (Å²) in [5, 5.41) is 0. The standard InChI is InChI=1S/C15H23N3O/c1-11-6-7-18(10-13(11)8-16)9-12-4-2-3-5-14(12)15(17)19/h2-5,11,13H,6-10,16H2,1H3,(H2,17,19). The van der Waals surface area contributed by atoms with Crippen LogP contribution in [0.1, 0.15) is 29.3 Å². The third-order valence-corrected chi connectivity index (χ3v) is 4.18. The van der Waals surface area contributed by atoms with Gasteiger partial charge >= 0.3 is 0 Å². The normalized spacial score (nSPS) is 24.3. The maximum absolute atomic E-state index is 11.4. The molecule has 1 saturated heterocycles. The summed E-state index contributed by atoms with van der Waals surface area (Å²) in [5.41, 5.74) is 12.9. The summed E-state index contributed by atoms with van der Waals surface area (Å²) in [4.78, 5) is 13.8. The molecule has 2 unspecified atom stereocenters. The van der Waals surface area contributed by atoms with Gasteiger partial charge in [-0.1, -0.05) is 25.1 Å². The van der Waals surface area contributed by atoms with Crippen LogP contribution in [0.25, 0.3) is 0 Å². The Bertz CT molecular complexity index is 447. The molecule has 104 valence electrons. The van der Waals surface area contributed by atoms with Crippen LogP contribution in [0.5, 0.6) is 0 Å². The summed E-state index contributed by atoms with van der Waals surface area (Å²) in [5.74, 6) is 0.887. The summed E-state index contributed by atoms with van der Waals surface area (Å²) >= 11 is 0. The van der Waals surface area contributed by atoms with Crippen LogP contribution in [0.4, 0.5) is 0 Å². The predicted molar refractivity (Wildman–Crippen MR) is 76.6 cm³/mol. The number of hydrogen-bond donors (Lipinski definition) is 2. The van der Waals surface area contributed by atoms with Gasteiger partial charge in [0.15, 0.2) is 0 Å². The molecule has 19 heavy (non-hydrogen) atoms. The van der Waals surface area contributed by atoms with E-state index in [2.05, 4.69) is 11.8 Å². The van der Waals surface area contributed by atoms with E-state index in [4.69, 9.17) is 11.5 Å². The molecule has 0 aliphatic carbocycles. The summed E-state index contributed by atoms with van der Waals surface area (Å²) < 4.78 is 0. The molecule has 0 radical (unpaired) electrons. The van der Waals surface area contributed by atoms with Crippen LogP contribution in [-0.4, -0.2) is 30.4 Å². The van der Waals surface area contributed by atoms with Gasteiger partial charge in [-0.05, 0) is 43.0 Å². The smallest absolute Gasteiger partial charge is 0.249 e. The topological polar surface area (TPSA) is 72.3 Å². The predicted octanol–water partition coefficient (Wildman–Crippen LogP) is 1.20. The molecule has 1 aromatic rings. The molecule has 4 N–H and O–H groups in total. The van der Waals surface area contributed by atoms with Gasteiger partial charge in [0, 0.05) is 18.7 Å². The zero-order chi connectivity index (χ0) is 13.8. The number of likely N-dealkylation sites (tertiary alicyclic amines) is 1. The molecule has 1 amide bonds. The van der Waals surface area contributed by atoms with Crippen LogP contribution in [0, 0.1) is 11.8 Å². The molecule has 1 fully saturated rings. The molecule has 0 saturated carbocycles. The summed E-state index contributed by atoms with van der Waals surface area (Å²) in [6.45, 7) is 5.85. The average Bonchev–Trinajstić information content (AvgIpc) is 2.41. The van der Waals surface area contributed by atoms with Crippen molar-refractivity contribution in [2.24, 2.45) is 23.3 Å². The van der Waals surface area contributed by atoms with Gasteiger partial charge < -0.3 is 11.5 Å². The highest BCUT2D eigenvalue weighted by Gasteiger charge is 2.25. The number of amides is 1. The van der Waals surface area contributed by atoms with E-state index >= 15 is 0 Å². The first-order chi connectivity index (χ1) is 9.11. The van der Waals surface area contributed by atoms with Crippen molar-refractivity contribution in [2.75, 3.05) is 19.6 Å². The molecule has 2 rings (SSSR count). The van der Waals surface area contributed by atoms with E-state index in [9.17, 15) is 4.79 Å². The van der Waals surface area contributed by atoms with Crippen molar-refractivity contribution in [1.82, 2.24) is 4.90 Å². The van der Waals surface area contributed by atoms with E-state index in [0.717, 1.165) is 31.7 Å². The number of benzene rings is 1. The van der Waals surface area contributed by atoms with Crippen molar-refractivity contribution in [3.63, 3.8) is 0 Å². The number of piperidine rings is 1. The van der Waals surface area contributed by atoms with Crippen LogP contribution in [0.15, 0.2) is 24.3 Å². The van der Waals surface area contributed by atoms with Crippen molar-refractivity contribution in [3.8, 4) is 0 Å². The third kappa shape index (κ3) is 3.33. The van der Waals surface area contributed by atoms with E-state index in [1.807, 2.05) is 18.2 Å². The fourth-order valence-electron chi connectivity index (χ4n) is 2.81. The summed E-state index contributed by atoms with van der Waals surface area (Å²) in [6, 6.07) is 7.58. The zero-order valence-electron chi connectivity index (χ0n) is 11.5. The number of rotatable bonds is 4. The molecule has 1 aliphatic rings. The maximum Gasteiger partial charge on any atom is 0.249 e. The van der Waals surface area contributed by atoms with Gasteiger partial charge in [-0.3, -0.25) is 9.69 Å². The van der Waals surface area contributed by atoms with E-state index in [-0.39, 0.29) is 5.91 Å². The molecular formula is C15H23N3O. The van der Waals surface area contributed by atoms with Crippen molar-refractivity contribution in [3.05, 3.63) is 35.4 Å². The fourth-order valence-corrected chi connectivity index (χ4v) is 2.81. The largest absolute Gasteiger partial charge is 0.366 e. The SMILES string of the molecule is CC1CCN(Cc2ccccc2C(N)=O)CC1CN. The quantitative estimate of drug-likeness (QED) is 0.855. The highest BCUT2D eigenvalue weighted by molar-refractivity contribution is 5.94. The van der Waals surface area contributed by atoms with Crippen LogP contribution < -0.4 is 11.5 Å². The first kappa shape index (κ1) is 14.0. The number of primary amides is 1. The Morgan fingerprint density at radius 3 is 2.84 bits per heavy atom. The monoisotopic (exact) mass is 261 g/mol. The maximum atomic E-state index is 11.4. The van der Waals surface area contributed by atoms with Crippen LogP contribution in [-0.2, 0) is 6.54 Å². The van der Waals surface area contributed by atoms with Crippen LogP contribution >= 0.6 is 0 Å². The number of carbonyl (C=O) groups excluding carboxylic acids is 1. The zero-order valence-corrected chi connectivity index (χ0v) is 11.5. The van der Waals surface area contributed by atoms with Crippen LogP contribution in [0.2, 0.25) is 0 Å². The molecule has 4 heteroatoms. The number of carbonyl (C=O) groups is 1. The van der Waals surface area contributed by atoms with Gasteiger partial charge in [0.25, 0.3) is 0 Å². The second kappa shape index (κ2) is 6.17. The summed E-state index contributed by atoms with van der Waals surface area (Å²) in [6.07, 6.45) is 1.17. The number of nitrogens with two attached hydrogens (primary N) is 2. The van der Waals surface area contributed by atoms with Gasteiger partial charge in [-0.25, -0.2) is 0 Å². The van der Waals surface area contributed by atoms with Crippen molar-refractivity contribution >= 4 is 5.91 Å². The number of nitrogens with zero attached hydrogens (tertiary/aromatic N) is 1. The van der Waals surface area contributed by atoms with E-state index in [1.165, 1.54) is 6.42 Å². The Morgan fingerprint density at radius 2 is 2.16 bits per heavy atom. The average molecular weight is 261 g/mol. The van der Waals surface area contributed by atoms with Gasteiger partial charge in [0.2, 0.25) is 5.91 Å². The minimum atomic E-state index is -0.351. The van der Waals surface area contributed by atoms with Gasteiger partial charge in [0.1, 0.15) is 0 Å². The molecule has 4 nitrogen and oxygen atoms in total. The molecule has 0 spiro atoms. The minimum absolute atomic E-state index is 0.351. The first-order valence-electron chi connectivity index (χ1n) is 6.92. The van der Waals surface area contributed by atoms with E-state index in [0.29, 0.717) is 17.4 Å². The molecule has 0 bridgehead atoms. The fraction of sp³-hybridized carbons (Fsp3) is 0.533. The molecule has 1 aliphatic heterocycles. The van der Waals surface area contributed by atoms with Gasteiger partial charge in [-0.15, -0.1) is 0 Å². The Hall–Kier alpha value is -1.39. The molecule has 0 aromatic heterocycles. The van der Waals surface area contributed by atoms with Crippen LogP contribution in [0.3, 0.4) is 0 Å². The summed E-state index contributed by atoms with van der Waals surface area (Å²) in [7, 11) is 0. The Balaban J connectivity index is 2.07. The molecule has 1 aromatic carbocycles. The van der Waals surface area contributed by atoms with Crippen molar-refractivity contribution in [2.45, 2.75) is 19.9 Å². The van der Waals surface area contributed by atoms with E-state index < -0.39 is 0 Å². The van der Waals surface area contributed by atoms with E-state index in [1.54, 1.807) is 6.07 Å². The highest BCUT2D eigenvalue weighted by atomic mass is 16.1. The lowest BCUT2D eigenvalue weighted by molar-refractivity contribution is 0.0994. The van der Waals surface area contributed by atoms with Gasteiger partial charge in [0.05, 0.1) is 0 Å². The Morgan fingerprint density at radius 1 is 1.42 bits per heavy atom.